The maximum absolute atomic E-state index is 12.2. The summed E-state index contributed by atoms with van der Waals surface area (Å²) >= 11 is 1.08. The number of benzene rings is 2. The van der Waals surface area contributed by atoms with Crippen molar-refractivity contribution in [2.45, 2.75) is 12.1 Å². The van der Waals surface area contributed by atoms with E-state index in [1.807, 2.05) is 0 Å². The number of hydrogen-bond acceptors (Lipinski definition) is 8. The molecule has 0 radical (unpaired) electrons. The first-order chi connectivity index (χ1) is 13.4. The lowest BCUT2D eigenvalue weighted by atomic mass is 10.1. The van der Waals surface area contributed by atoms with Crippen LogP contribution in [-0.2, 0) is 4.79 Å². The second-order valence-corrected chi connectivity index (χ2v) is 6.57. The second kappa shape index (κ2) is 8.44. The zero-order valence-electron chi connectivity index (χ0n) is 14.6. The highest BCUT2D eigenvalue weighted by atomic mass is 32.2. The van der Waals surface area contributed by atoms with Crippen molar-refractivity contribution in [2.24, 2.45) is 0 Å². The third kappa shape index (κ3) is 4.80. The number of anilines is 1. The number of thioether (sulfide) groups is 1. The van der Waals surface area contributed by atoms with Gasteiger partial charge in [0.1, 0.15) is 0 Å². The van der Waals surface area contributed by atoms with Crippen LogP contribution in [0.3, 0.4) is 0 Å². The molecule has 9 nitrogen and oxygen atoms in total. The predicted octanol–water partition coefficient (Wildman–Crippen LogP) is 3.58. The van der Waals surface area contributed by atoms with E-state index in [2.05, 4.69) is 15.5 Å². The van der Waals surface area contributed by atoms with Gasteiger partial charge in [0.15, 0.2) is 5.78 Å². The summed E-state index contributed by atoms with van der Waals surface area (Å²) in [5, 5.41) is 21.4. The molecule has 0 atom stereocenters. The number of aromatic nitrogens is 2. The number of carbonyl (C=O) groups excluding carboxylic acids is 2. The van der Waals surface area contributed by atoms with Crippen molar-refractivity contribution < 1.29 is 18.9 Å². The van der Waals surface area contributed by atoms with Crippen LogP contribution in [0.1, 0.15) is 17.3 Å². The predicted molar refractivity (Wildman–Crippen MR) is 102 cm³/mol. The lowest BCUT2D eigenvalue weighted by Gasteiger charge is -2.01. The molecule has 0 bridgehead atoms. The standard InChI is InChI=1S/C18H14N4O5S/c1-11(23)19-14-6-2-13(3-7-14)17-20-21-18(27-17)28-10-16(24)12-4-8-15(9-5-12)22(25)26/h2-9H,10H2,1H3,(H,19,23). The minimum absolute atomic E-state index is 0.0565. The maximum atomic E-state index is 12.2. The van der Waals surface area contributed by atoms with E-state index in [0.717, 1.165) is 11.8 Å². The Hall–Kier alpha value is -3.53. The summed E-state index contributed by atoms with van der Waals surface area (Å²) in [5.74, 6) is -0.0261. The van der Waals surface area contributed by atoms with Gasteiger partial charge in [0.2, 0.25) is 11.8 Å². The van der Waals surface area contributed by atoms with Crippen LogP contribution >= 0.6 is 11.8 Å². The highest BCUT2D eigenvalue weighted by Gasteiger charge is 2.14. The van der Waals surface area contributed by atoms with Gasteiger partial charge in [-0.05, 0) is 36.4 Å². The molecule has 0 aliphatic carbocycles. The third-order valence-electron chi connectivity index (χ3n) is 3.59. The van der Waals surface area contributed by atoms with E-state index in [4.69, 9.17) is 4.42 Å². The summed E-state index contributed by atoms with van der Waals surface area (Å²) in [7, 11) is 0. The molecule has 10 heteroatoms. The fraction of sp³-hybridized carbons (Fsp3) is 0.111. The lowest BCUT2D eigenvalue weighted by molar-refractivity contribution is -0.384. The smallest absolute Gasteiger partial charge is 0.277 e. The molecule has 0 aliphatic rings. The molecule has 0 spiro atoms. The largest absolute Gasteiger partial charge is 0.411 e. The number of non-ortho nitro benzene ring substituents is 1. The Balaban J connectivity index is 1.60. The first kappa shape index (κ1) is 19.2. The van der Waals surface area contributed by atoms with E-state index >= 15 is 0 Å². The van der Waals surface area contributed by atoms with Crippen molar-refractivity contribution >= 4 is 34.8 Å². The van der Waals surface area contributed by atoms with Crippen LogP contribution in [-0.4, -0.2) is 32.6 Å². The third-order valence-corrected chi connectivity index (χ3v) is 4.40. The monoisotopic (exact) mass is 398 g/mol. The van der Waals surface area contributed by atoms with Crippen molar-refractivity contribution in [3.05, 3.63) is 64.2 Å². The normalized spacial score (nSPS) is 10.5. The molecule has 3 aromatic rings. The molecule has 0 fully saturated rings. The number of nitrogens with one attached hydrogen (secondary N) is 1. The summed E-state index contributed by atoms with van der Waals surface area (Å²) in [6.07, 6.45) is 0. The molecule has 1 aromatic heterocycles. The zero-order chi connectivity index (χ0) is 20.1. The minimum Gasteiger partial charge on any atom is -0.411 e. The highest BCUT2D eigenvalue weighted by molar-refractivity contribution is 7.99. The molecule has 28 heavy (non-hydrogen) atoms. The van der Waals surface area contributed by atoms with Gasteiger partial charge >= 0.3 is 0 Å². The topological polar surface area (TPSA) is 128 Å². The Labute approximate surface area is 163 Å². The molecule has 0 aliphatic heterocycles. The van der Waals surface area contributed by atoms with Crippen LogP contribution in [0.4, 0.5) is 11.4 Å². The average molecular weight is 398 g/mol. The zero-order valence-corrected chi connectivity index (χ0v) is 15.4. The lowest BCUT2D eigenvalue weighted by Crippen LogP contribution is -2.05. The SMILES string of the molecule is CC(=O)Nc1ccc(-c2nnc(SCC(=O)c3ccc([N+](=O)[O-])cc3)o2)cc1. The first-order valence-electron chi connectivity index (χ1n) is 8.04. The summed E-state index contributed by atoms with van der Waals surface area (Å²) in [6, 6.07) is 12.3. The number of nitro groups is 1. The van der Waals surface area contributed by atoms with Crippen molar-refractivity contribution in [1.82, 2.24) is 10.2 Å². The molecule has 1 N–H and O–H groups in total. The van der Waals surface area contributed by atoms with Crippen molar-refractivity contribution in [2.75, 3.05) is 11.1 Å². The number of rotatable bonds is 7. The van der Waals surface area contributed by atoms with Crippen LogP contribution in [0.15, 0.2) is 58.2 Å². The Bertz CT molecular complexity index is 1020. The molecular formula is C18H14N4O5S. The van der Waals surface area contributed by atoms with Gasteiger partial charge in [-0.25, -0.2) is 0 Å². The molecule has 0 saturated heterocycles. The molecule has 2 aromatic carbocycles. The summed E-state index contributed by atoms with van der Waals surface area (Å²) in [6.45, 7) is 1.42. The van der Waals surface area contributed by atoms with Gasteiger partial charge in [-0.2, -0.15) is 0 Å². The Morgan fingerprint density at radius 2 is 1.79 bits per heavy atom. The van der Waals surface area contributed by atoms with Crippen LogP contribution in [0, 0.1) is 10.1 Å². The van der Waals surface area contributed by atoms with Crippen LogP contribution in [0.2, 0.25) is 0 Å². The van der Waals surface area contributed by atoms with Gasteiger partial charge in [0.05, 0.1) is 10.7 Å². The quantitative estimate of drug-likeness (QED) is 0.277. The van der Waals surface area contributed by atoms with E-state index in [9.17, 15) is 19.7 Å². The number of amides is 1. The fourth-order valence-corrected chi connectivity index (χ4v) is 2.92. The highest BCUT2D eigenvalue weighted by Crippen LogP contribution is 2.25. The Morgan fingerprint density at radius 3 is 2.39 bits per heavy atom. The van der Waals surface area contributed by atoms with Gasteiger partial charge in [0, 0.05) is 35.9 Å². The molecule has 1 amide bonds. The molecule has 3 rings (SSSR count). The summed E-state index contributed by atoms with van der Waals surface area (Å²) in [4.78, 5) is 33.3. The van der Waals surface area contributed by atoms with Gasteiger partial charge < -0.3 is 9.73 Å². The fourth-order valence-electron chi connectivity index (χ4n) is 2.26. The molecule has 1 heterocycles. The summed E-state index contributed by atoms with van der Waals surface area (Å²) < 4.78 is 5.54. The number of ketones is 1. The van der Waals surface area contributed by atoms with Crippen molar-refractivity contribution in [3.63, 3.8) is 0 Å². The van der Waals surface area contributed by atoms with Crippen LogP contribution < -0.4 is 5.32 Å². The minimum atomic E-state index is -0.522. The van der Waals surface area contributed by atoms with Crippen LogP contribution in [0.25, 0.3) is 11.5 Å². The van der Waals surface area contributed by atoms with Crippen LogP contribution in [0.5, 0.6) is 0 Å². The molecule has 0 saturated carbocycles. The first-order valence-corrected chi connectivity index (χ1v) is 9.03. The van der Waals surface area contributed by atoms with E-state index in [0.29, 0.717) is 22.7 Å². The molecule has 142 valence electrons. The Kier molecular flexibility index (Phi) is 5.80. The number of hydrogen-bond donors (Lipinski definition) is 1. The molecule has 0 unspecified atom stereocenters. The van der Waals surface area contributed by atoms with Gasteiger partial charge in [0.25, 0.3) is 10.9 Å². The summed E-state index contributed by atoms with van der Waals surface area (Å²) in [5.41, 5.74) is 1.62. The second-order valence-electron chi connectivity index (χ2n) is 5.65. The van der Waals surface area contributed by atoms with Gasteiger partial charge in [-0.15, -0.1) is 10.2 Å². The van der Waals surface area contributed by atoms with E-state index in [1.165, 1.54) is 31.2 Å². The van der Waals surface area contributed by atoms with Gasteiger partial charge in [-0.1, -0.05) is 11.8 Å². The number of nitrogens with zero attached hydrogens (tertiary/aromatic N) is 3. The Morgan fingerprint density at radius 1 is 1.11 bits per heavy atom. The van der Waals surface area contributed by atoms with Crippen molar-refractivity contribution in [3.8, 4) is 11.5 Å². The number of carbonyl (C=O) groups is 2. The number of Topliss-reactive ketones (excluding diaryl/α,β-unsaturated/α-hetero) is 1. The molecular weight excluding hydrogens is 384 g/mol. The van der Waals surface area contributed by atoms with E-state index in [-0.39, 0.29) is 28.4 Å². The average Bonchev–Trinajstić information content (AvgIpc) is 3.15. The van der Waals surface area contributed by atoms with E-state index < -0.39 is 4.92 Å². The van der Waals surface area contributed by atoms with E-state index in [1.54, 1.807) is 24.3 Å². The van der Waals surface area contributed by atoms with Crippen molar-refractivity contribution in [1.29, 1.82) is 0 Å². The maximum Gasteiger partial charge on any atom is 0.277 e. The van der Waals surface area contributed by atoms with Gasteiger partial charge in [-0.3, -0.25) is 19.7 Å². The number of nitro benzene ring substituents is 1.